The molecule has 0 unspecified atom stereocenters. The first kappa shape index (κ1) is 9.20. The summed E-state index contributed by atoms with van der Waals surface area (Å²) in [6.07, 6.45) is 0.782. The van der Waals surface area contributed by atoms with Gasteiger partial charge in [-0.2, -0.15) is 0 Å². The standard InChI is InChI=1S/C9H12O3/c1-4-5-7(10)8-6-11-9(2,3)12-8/h5,8H,1,6H2,2-3H3/t8-/m0/s1. The maximum Gasteiger partial charge on any atom is 0.194 e. The van der Waals surface area contributed by atoms with Crippen LogP contribution in [0.2, 0.25) is 0 Å². The molecule has 0 aliphatic carbocycles. The Kier molecular flexibility index (Phi) is 2.48. The Morgan fingerprint density at radius 3 is 2.83 bits per heavy atom. The SMILES string of the molecule is C=C=CC(=O)[C@@H]1COC(C)(C)O1. The second kappa shape index (κ2) is 3.23. The molecule has 1 aliphatic heterocycles. The molecule has 3 nitrogen and oxygen atoms in total. The van der Waals surface area contributed by atoms with Crippen molar-refractivity contribution >= 4 is 5.78 Å². The largest absolute Gasteiger partial charge is 0.347 e. The molecular weight excluding hydrogens is 156 g/mol. The van der Waals surface area contributed by atoms with Crippen LogP contribution < -0.4 is 0 Å². The molecule has 0 saturated carbocycles. The fourth-order valence-electron chi connectivity index (χ4n) is 1.02. The van der Waals surface area contributed by atoms with E-state index in [2.05, 4.69) is 12.3 Å². The van der Waals surface area contributed by atoms with Crippen molar-refractivity contribution in [3.05, 3.63) is 18.4 Å². The van der Waals surface area contributed by atoms with E-state index in [0.29, 0.717) is 6.61 Å². The lowest BCUT2D eigenvalue weighted by molar-refractivity contribution is -0.149. The zero-order valence-corrected chi connectivity index (χ0v) is 7.29. The highest BCUT2D eigenvalue weighted by atomic mass is 16.7. The smallest absolute Gasteiger partial charge is 0.194 e. The predicted octanol–water partition coefficient (Wildman–Crippen LogP) is 1.05. The highest BCUT2D eigenvalue weighted by Crippen LogP contribution is 2.22. The Labute approximate surface area is 71.7 Å². The maximum atomic E-state index is 11.2. The van der Waals surface area contributed by atoms with E-state index in [9.17, 15) is 4.79 Å². The molecule has 0 amide bonds. The number of ketones is 1. The third-order valence-corrected chi connectivity index (χ3v) is 1.57. The van der Waals surface area contributed by atoms with Crippen molar-refractivity contribution in [1.82, 2.24) is 0 Å². The van der Waals surface area contributed by atoms with Crippen molar-refractivity contribution in [2.45, 2.75) is 25.7 Å². The predicted molar refractivity (Wildman–Crippen MR) is 43.6 cm³/mol. The summed E-state index contributed by atoms with van der Waals surface area (Å²) in [5.41, 5.74) is 2.41. The van der Waals surface area contributed by atoms with Gasteiger partial charge in [-0.3, -0.25) is 4.79 Å². The van der Waals surface area contributed by atoms with Gasteiger partial charge in [0.05, 0.1) is 6.61 Å². The van der Waals surface area contributed by atoms with E-state index in [-0.39, 0.29) is 5.78 Å². The summed E-state index contributed by atoms with van der Waals surface area (Å²) in [5.74, 6) is -0.787. The molecule has 0 bridgehead atoms. The van der Waals surface area contributed by atoms with Gasteiger partial charge in [0.25, 0.3) is 0 Å². The quantitative estimate of drug-likeness (QED) is 0.456. The van der Waals surface area contributed by atoms with Crippen LogP contribution in [0.1, 0.15) is 13.8 Å². The van der Waals surface area contributed by atoms with E-state index < -0.39 is 11.9 Å². The highest BCUT2D eigenvalue weighted by molar-refractivity contribution is 5.93. The zero-order chi connectivity index (χ0) is 9.19. The molecule has 12 heavy (non-hydrogen) atoms. The molecule has 0 radical (unpaired) electrons. The van der Waals surface area contributed by atoms with E-state index in [1.807, 2.05) is 0 Å². The van der Waals surface area contributed by atoms with Crippen molar-refractivity contribution in [2.24, 2.45) is 0 Å². The molecule has 1 atom stereocenters. The minimum absolute atomic E-state index is 0.143. The highest BCUT2D eigenvalue weighted by Gasteiger charge is 2.35. The van der Waals surface area contributed by atoms with Gasteiger partial charge in [-0.15, -0.1) is 5.73 Å². The molecule has 1 rings (SSSR count). The van der Waals surface area contributed by atoms with Gasteiger partial charge < -0.3 is 9.47 Å². The summed E-state index contributed by atoms with van der Waals surface area (Å²) < 4.78 is 10.5. The van der Waals surface area contributed by atoms with Gasteiger partial charge >= 0.3 is 0 Å². The van der Waals surface area contributed by atoms with Crippen molar-refractivity contribution in [1.29, 1.82) is 0 Å². The zero-order valence-electron chi connectivity index (χ0n) is 7.29. The summed E-state index contributed by atoms with van der Waals surface area (Å²) in [4.78, 5) is 11.2. The van der Waals surface area contributed by atoms with Gasteiger partial charge in [0.2, 0.25) is 0 Å². The minimum Gasteiger partial charge on any atom is -0.347 e. The average Bonchev–Trinajstić information content (AvgIpc) is 2.31. The molecule has 1 heterocycles. The number of hydrogen-bond donors (Lipinski definition) is 0. The number of carbonyl (C=O) groups is 1. The van der Waals surface area contributed by atoms with E-state index in [1.165, 1.54) is 6.08 Å². The lowest BCUT2D eigenvalue weighted by Crippen LogP contribution is -2.25. The van der Waals surface area contributed by atoms with E-state index >= 15 is 0 Å². The van der Waals surface area contributed by atoms with E-state index in [1.54, 1.807) is 13.8 Å². The Balaban J connectivity index is 2.58. The van der Waals surface area contributed by atoms with Crippen molar-refractivity contribution in [3.63, 3.8) is 0 Å². The number of rotatable bonds is 2. The van der Waals surface area contributed by atoms with Crippen LogP contribution in [0, 0.1) is 0 Å². The van der Waals surface area contributed by atoms with Crippen molar-refractivity contribution in [2.75, 3.05) is 6.61 Å². The summed E-state index contributed by atoms with van der Waals surface area (Å²) in [7, 11) is 0. The molecule has 0 aromatic heterocycles. The molecule has 1 fully saturated rings. The molecule has 0 N–H and O–H groups in total. The van der Waals surface area contributed by atoms with Gasteiger partial charge in [-0.05, 0) is 13.8 Å². The van der Waals surface area contributed by atoms with Crippen LogP contribution in [0.15, 0.2) is 18.4 Å². The van der Waals surface area contributed by atoms with Crippen LogP contribution >= 0.6 is 0 Å². The Morgan fingerprint density at radius 2 is 2.42 bits per heavy atom. The molecule has 0 spiro atoms. The Morgan fingerprint density at radius 1 is 1.75 bits per heavy atom. The average molecular weight is 168 g/mol. The van der Waals surface area contributed by atoms with Gasteiger partial charge in [-0.25, -0.2) is 0 Å². The van der Waals surface area contributed by atoms with Crippen LogP contribution in [0.3, 0.4) is 0 Å². The monoisotopic (exact) mass is 168 g/mol. The van der Waals surface area contributed by atoms with Crippen molar-refractivity contribution in [3.8, 4) is 0 Å². The number of ether oxygens (including phenoxy) is 2. The van der Waals surface area contributed by atoms with Gasteiger partial charge in [0.1, 0.15) is 6.10 Å². The van der Waals surface area contributed by atoms with Gasteiger partial charge in [0.15, 0.2) is 11.6 Å². The summed E-state index contributed by atoms with van der Waals surface area (Å²) in [5, 5.41) is 0. The van der Waals surface area contributed by atoms with Gasteiger partial charge in [-0.1, -0.05) is 6.58 Å². The number of hydrogen-bond acceptors (Lipinski definition) is 3. The fraction of sp³-hybridized carbons (Fsp3) is 0.556. The Hall–Kier alpha value is -0.890. The van der Waals surface area contributed by atoms with E-state index in [0.717, 1.165) is 0 Å². The lowest BCUT2D eigenvalue weighted by atomic mass is 10.2. The molecule has 66 valence electrons. The van der Waals surface area contributed by atoms with E-state index in [4.69, 9.17) is 9.47 Å². The topological polar surface area (TPSA) is 35.5 Å². The third-order valence-electron chi connectivity index (χ3n) is 1.57. The summed E-state index contributed by atoms with van der Waals surface area (Å²) >= 11 is 0. The van der Waals surface area contributed by atoms with Crippen molar-refractivity contribution < 1.29 is 14.3 Å². The fourth-order valence-corrected chi connectivity index (χ4v) is 1.02. The first-order valence-electron chi connectivity index (χ1n) is 3.76. The second-order valence-electron chi connectivity index (χ2n) is 3.07. The first-order chi connectivity index (χ1) is 5.55. The molecule has 1 aliphatic rings. The van der Waals surface area contributed by atoms with Gasteiger partial charge in [0, 0.05) is 6.08 Å². The second-order valence-corrected chi connectivity index (χ2v) is 3.07. The lowest BCUT2D eigenvalue weighted by Gasteiger charge is -2.15. The Bertz CT molecular complexity index is 236. The first-order valence-corrected chi connectivity index (χ1v) is 3.76. The maximum absolute atomic E-state index is 11.2. The van der Waals surface area contributed by atoms with Crippen LogP contribution in [0.4, 0.5) is 0 Å². The third kappa shape index (κ3) is 2.05. The molecule has 0 aromatic rings. The normalized spacial score (nSPS) is 26.3. The van der Waals surface area contributed by atoms with Crippen LogP contribution in [-0.2, 0) is 14.3 Å². The number of carbonyl (C=O) groups excluding carboxylic acids is 1. The molecule has 0 aromatic carbocycles. The summed E-state index contributed by atoms with van der Waals surface area (Å²) in [6.45, 7) is 7.17. The van der Waals surface area contributed by atoms with Crippen LogP contribution in [0.25, 0.3) is 0 Å². The molecule has 1 saturated heterocycles. The summed E-state index contributed by atoms with van der Waals surface area (Å²) in [6, 6.07) is 0. The minimum atomic E-state index is -0.644. The molecular formula is C9H12O3. The molecule has 3 heteroatoms. The van der Waals surface area contributed by atoms with Crippen LogP contribution in [-0.4, -0.2) is 24.3 Å². The van der Waals surface area contributed by atoms with Crippen LogP contribution in [0.5, 0.6) is 0 Å².